The van der Waals surface area contributed by atoms with Gasteiger partial charge in [-0.15, -0.1) is 11.6 Å². The molecule has 2 unspecified atom stereocenters. The van der Waals surface area contributed by atoms with E-state index in [1.807, 2.05) is 6.92 Å². The molecule has 64 valence electrons. The van der Waals surface area contributed by atoms with Crippen molar-refractivity contribution in [3.8, 4) is 0 Å². The van der Waals surface area contributed by atoms with Crippen LogP contribution in [-0.4, -0.2) is 17.1 Å². The van der Waals surface area contributed by atoms with Crippen LogP contribution in [0.15, 0.2) is 11.6 Å². The van der Waals surface area contributed by atoms with E-state index in [2.05, 4.69) is 13.0 Å². The molecule has 0 aliphatic heterocycles. The van der Waals surface area contributed by atoms with E-state index in [1.165, 1.54) is 5.57 Å². The lowest BCUT2D eigenvalue weighted by atomic mass is 9.77. The van der Waals surface area contributed by atoms with Crippen LogP contribution in [0.25, 0.3) is 0 Å². The molecular weight excluding hydrogens is 160 g/mol. The Labute approximate surface area is 73.1 Å². The van der Waals surface area contributed by atoms with Gasteiger partial charge in [-0.05, 0) is 19.8 Å². The summed E-state index contributed by atoms with van der Waals surface area (Å²) in [6, 6.07) is 0. The number of aliphatic hydroxyl groups excluding tert-OH is 1. The molecule has 1 N–H and O–H groups in total. The summed E-state index contributed by atoms with van der Waals surface area (Å²) in [4.78, 5) is 0. The highest BCUT2D eigenvalue weighted by atomic mass is 35.5. The molecule has 0 heterocycles. The fraction of sp³-hybridized carbons (Fsp3) is 0.778. The molecular formula is C9H15ClO. The molecule has 0 spiro atoms. The molecule has 0 fully saturated rings. The summed E-state index contributed by atoms with van der Waals surface area (Å²) >= 11 is 6.12. The van der Waals surface area contributed by atoms with Gasteiger partial charge in [0.15, 0.2) is 0 Å². The molecule has 11 heavy (non-hydrogen) atoms. The lowest BCUT2D eigenvalue weighted by Crippen LogP contribution is -2.34. The Kier molecular flexibility index (Phi) is 2.61. The average molecular weight is 175 g/mol. The maximum atomic E-state index is 9.09. The van der Waals surface area contributed by atoms with Crippen LogP contribution in [0.1, 0.15) is 26.7 Å². The molecule has 0 aromatic carbocycles. The highest BCUT2D eigenvalue weighted by Gasteiger charge is 2.33. The molecule has 1 aliphatic carbocycles. The van der Waals surface area contributed by atoms with Gasteiger partial charge in [-0.3, -0.25) is 0 Å². The van der Waals surface area contributed by atoms with Gasteiger partial charge in [-0.1, -0.05) is 18.6 Å². The quantitative estimate of drug-likeness (QED) is 0.478. The van der Waals surface area contributed by atoms with Crippen molar-refractivity contribution in [3.05, 3.63) is 11.6 Å². The van der Waals surface area contributed by atoms with Crippen LogP contribution in [0.5, 0.6) is 0 Å². The number of halogens is 1. The number of alkyl halides is 1. The zero-order valence-electron chi connectivity index (χ0n) is 7.10. The molecule has 0 saturated heterocycles. The summed E-state index contributed by atoms with van der Waals surface area (Å²) in [6.45, 7) is 4.31. The second-order valence-electron chi connectivity index (χ2n) is 3.74. The third-order valence-electron chi connectivity index (χ3n) is 2.54. The smallest absolute Gasteiger partial charge is 0.0502 e. The molecule has 2 atom stereocenters. The van der Waals surface area contributed by atoms with E-state index in [-0.39, 0.29) is 17.4 Å². The van der Waals surface area contributed by atoms with Crippen LogP contribution < -0.4 is 0 Å². The summed E-state index contributed by atoms with van der Waals surface area (Å²) < 4.78 is 0. The molecule has 0 saturated carbocycles. The van der Waals surface area contributed by atoms with Gasteiger partial charge in [-0.25, -0.2) is 0 Å². The summed E-state index contributed by atoms with van der Waals surface area (Å²) in [5.41, 5.74) is 1.25. The summed E-state index contributed by atoms with van der Waals surface area (Å²) in [6.07, 6.45) is 4.00. The van der Waals surface area contributed by atoms with Crippen molar-refractivity contribution in [2.75, 3.05) is 6.61 Å². The van der Waals surface area contributed by atoms with Crippen LogP contribution in [0, 0.1) is 5.41 Å². The van der Waals surface area contributed by atoms with E-state index >= 15 is 0 Å². The van der Waals surface area contributed by atoms with E-state index in [4.69, 9.17) is 16.7 Å². The minimum Gasteiger partial charge on any atom is -0.396 e. The van der Waals surface area contributed by atoms with Crippen LogP contribution in [0.2, 0.25) is 0 Å². The van der Waals surface area contributed by atoms with Crippen LogP contribution in [-0.2, 0) is 0 Å². The number of allylic oxidation sites excluding steroid dienone is 2. The SMILES string of the molecule is CC1=CCC(C)(CO)C(Cl)C1. The second-order valence-corrected chi connectivity index (χ2v) is 4.27. The summed E-state index contributed by atoms with van der Waals surface area (Å²) in [5.74, 6) is 0. The van der Waals surface area contributed by atoms with Crippen LogP contribution in [0.4, 0.5) is 0 Å². The van der Waals surface area contributed by atoms with Crippen molar-refractivity contribution < 1.29 is 5.11 Å². The Morgan fingerprint density at radius 3 is 2.91 bits per heavy atom. The molecule has 1 aliphatic rings. The van der Waals surface area contributed by atoms with Gasteiger partial charge in [0.05, 0.1) is 6.61 Å². The lowest BCUT2D eigenvalue weighted by molar-refractivity contribution is 0.134. The van der Waals surface area contributed by atoms with E-state index in [0.717, 1.165) is 12.8 Å². The standard InChI is InChI=1S/C9H15ClO/c1-7-3-4-9(2,6-11)8(10)5-7/h3,8,11H,4-6H2,1-2H3. The molecule has 1 nitrogen and oxygen atoms in total. The van der Waals surface area contributed by atoms with Crippen molar-refractivity contribution in [1.82, 2.24) is 0 Å². The second kappa shape index (κ2) is 3.16. The topological polar surface area (TPSA) is 20.2 Å². The average Bonchev–Trinajstić information content (AvgIpc) is 1.98. The van der Waals surface area contributed by atoms with Gasteiger partial charge in [0.1, 0.15) is 0 Å². The van der Waals surface area contributed by atoms with E-state index in [9.17, 15) is 0 Å². The highest BCUT2D eigenvalue weighted by Crippen LogP contribution is 2.38. The van der Waals surface area contributed by atoms with Gasteiger partial charge in [0.25, 0.3) is 0 Å². The third-order valence-corrected chi connectivity index (χ3v) is 3.22. The minimum atomic E-state index is -0.0962. The number of aliphatic hydroxyl groups is 1. The van der Waals surface area contributed by atoms with Crippen molar-refractivity contribution in [2.24, 2.45) is 5.41 Å². The Hall–Kier alpha value is -0.0100. The molecule has 2 heteroatoms. The Morgan fingerprint density at radius 1 is 1.82 bits per heavy atom. The first-order valence-corrected chi connectivity index (χ1v) is 4.43. The largest absolute Gasteiger partial charge is 0.396 e. The molecule has 0 aromatic heterocycles. The van der Waals surface area contributed by atoms with Gasteiger partial charge < -0.3 is 5.11 Å². The first-order chi connectivity index (χ1) is 5.08. The number of hydrogen-bond donors (Lipinski definition) is 1. The van der Waals surface area contributed by atoms with Gasteiger partial charge in [-0.2, -0.15) is 0 Å². The monoisotopic (exact) mass is 174 g/mol. The fourth-order valence-electron chi connectivity index (χ4n) is 1.31. The Bertz CT molecular complexity index is 176. The molecule has 0 radical (unpaired) electrons. The van der Waals surface area contributed by atoms with Crippen LogP contribution in [0.3, 0.4) is 0 Å². The lowest BCUT2D eigenvalue weighted by Gasteiger charge is -2.35. The summed E-state index contributed by atoms with van der Waals surface area (Å²) in [7, 11) is 0. The number of hydrogen-bond acceptors (Lipinski definition) is 1. The van der Waals surface area contributed by atoms with Crippen molar-refractivity contribution in [3.63, 3.8) is 0 Å². The zero-order chi connectivity index (χ0) is 8.48. The van der Waals surface area contributed by atoms with E-state index in [1.54, 1.807) is 0 Å². The summed E-state index contributed by atoms with van der Waals surface area (Å²) in [5, 5.41) is 9.19. The van der Waals surface area contributed by atoms with Crippen molar-refractivity contribution in [1.29, 1.82) is 0 Å². The van der Waals surface area contributed by atoms with Gasteiger partial charge in [0, 0.05) is 10.8 Å². The highest BCUT2D eigenvalue weighted by molar-refractivity contribution is 6.21. The normalized spacial score (nSPS) is 38.5. The third kappa shape index (κ3) is 1.77. The van der Waals surface area contributed by atoms with Gasteiger partial charge >= 0.3 is 0 Å². The van der Waals surface area contributed by atoms with E-state index in [0.29, 0.717) is 0 Å². The first kappa shape index (κ1) is 9.08. The predicted octanol–water partition coefficient (Wildman–Crippen LogP) is 2.33. The first-order valence-electron chi connectivity index (χ1n) is 3.99. The van der Waals surface area contributed by atoms with Gasteiger partial charge in [0.2, 0.25) is 0 Å². The molecule has 0 amide bonds. The Balaban J connectivity index is 2.72. The van der Waals surface area contributed by atoms with Crippen molar-refractivity contribution >= 4 is 11.6 Å². The van der Waals surface area contributed by atoms with Crippen molar-refractivity contribution in [2.45, 2.75) is 32.1 Å². The van der Waals surface area contributed by atoms with Crippen LogP contribution >= 0.6 is 11.6 Å². The zero-order valence-corrected chi connectivity index (χ0v) is 7.86. The maximum absolute atomic E-state index is 9.09. The molecule has 0 aromatic rings. The predicted molar refractivity (Wildman–Crippen MR) is 47.8 cm³/mol. The molecule has 1 rings (SSSR count). The maximum Gasteiger partial charge on any atom is 0.0502 e. The van der Waals surface area contributed by atoms with E-state index < -0.39 is 0 Å². The Morgan fingerprint density at radius 2 is 2.45 bits per heavy atom. The minimum absolute atomic E-state index is 0.0949. The number of rotatable bonds is 1. The molecule has 0 bridgehead atoms. The fourth-order valence-corrected chi connectivity index (χ4v) is 1.71.